The number of nitro benzene ring substituents is 1. The van der Waals surface area contributed by atoms with Crippen molar-refractivity contribution >= 4 is 23.3 Å². The van der Waals surface area contributed by atoms with Crippen LogP contribution in [0.4, 0.5) is 5.69 Å². The summed E-state index contributed by atoms with van der Waals surface area (Å²) in [6.45, 7) is 1.83. The van der Waals surface area contributed by atoms with Gasteiger partial charge >= 0.3 is 5.97 Å². The number of para-hydroxylation sites is 1. The van der Waals surface area contributed by atoms with Crippen LogP contribution in [0.2, 0.25) is 0 Å². The fourth-order valence-electron chi connectivity index (χ4n) is 2.22. The predicted molar refractivity (Wildman–Crippen MR) is 86.3 cm³/mol. The zero-order valence-electron chi connectivity index (χ0n) is 12.6. The van der Waals surface area contributed by atoms with Crippen LogP contribution in [0.3, 0.4) is 0 Å². The summed E-state index contributed by atoms with van der Waals surface area (Å²) in [4.78, 5) is 22.2. The number of nitro groups is 1. The van der Waals surface area contributed by atoms with Gasteiger partial charge in [-0.15, -0.1) is 0 Å². The van der Waals surface area contributed by atoms with Crippen LogP contribution in [0.5, 0.6) is 5.75 Å². The molecule has 2 rings (SSSR count). The molecule has 0 heterocycles. The second-order valence-corrected chi connectivity index (χ2v) is 4.88. The number of nitrogens with zero attached hydrogens (tertiary/aromatic N) is 1. The van der Waals surface area contributed by atoms with Gasteiger partial charge in [-0.05, 0) is 31.2 Å². The number of methoxy groups -OCH3 is 1. The number of ether oxygens (including phenoxy) is 1. The van der Waals surface area contributed by atoms with Crippen molar-refractivity contribution in [2.24, 2.45) is 0 Å². The van der Waals surface area contributed by atoms with Gasteiger partial charge in [0.05, 0.1) is 23.2 Å². The number of carboxylic acids is 1. The average molecular weight is 313 g/mol. The highest BCUT2D eigenvalue weighted by Crippen LogP contribution is 2.31. The molecule has 0 aliphatic heterocycles. The molecule has 6 nitrogen and oxygen atoms in total. The van der Waals surface area contributed by atoms with Gasteiger partial charge in [-0.1, -0.05) is 23.8 Å². The number of rotatable bonds is 5. The molecule has 118 valence electrons. The van der Waals surface area contributed by atoms with E-state index in [2.05, 4.69) is 0 Å². The highest BCUT2D eigenvalue weighted by molar-refractivity contribution is 6.21. The van der Waals surface area contributed by atoms with E-state index in [1.54, 1.807) is 24.3 Å². The maximum Gasteiger partial charge on any atom is 0.336 e. The van der Waals surface area contributed by atoms with Gasteiger partial charge in [-0.2, -0.15) is 0 Å². The van der Waals surface area contributed by atoms with Crippen molar-refractivity contribution in [2.45, 2.75) is 6.92 Å². The highest BCUT2D eigenvalue weighted by Gasteiger charge is 2.18. The molecule has 0 radical (unpaired) electrons. The van der Waals surface area contributed by atoms with E-state index in [4.69, 9.17) is 4.74 Å². The van der Waals surface area contributed by atoms with Gasteiger partial charge in [0, 0.05) is 11.6 Å². The molecule has 2 aromatic rings. The summed E-state index contributed by atoms with van der Waals surface area (Å²) in [5, 5.41) is 20.6. The second kappa shape index (κ2) is 6.74. The van der Waals surface area contributed by atoms with Gasteiger partial charge in [0.2, 0.25) is 0 Å². The summed E-state index contributed by atoms with van der Waals surface area (Å²) in [6.07, 6.45) is 1.29. The second-order valence-electron chi connectivity index (χ2n) is 4.88. The van der Waals surface area contributed by atoms with Crippen molar-refractivity contribution in [1.82, 2.24) is 0 Å². The molecule has 0 saturated carbocycles. The van der Waals surface area contributed by atoms with Crippen molar-refractivity contribution in [3.8, 4) is 5.75 Å². The number of aliphatic carboxylic acids is 1. The van der Waals surface area contributed by atoms with Gasteiger partial charge in [0.1, 0.15) is 5.75 Å². The Bertz CT molecular complexity index is 795. The van der Waals surface area contributed by atoms with Gasteiger partial charge in [0.25, 0.3) is 5.69 Å². The normalized spacial score (nSPS) is 11.1. The Kier molecular flexibility index (Phi) is 4.75. The number of carbonyl (C=O) groups is 1. The molecule has 0 aliphatic rings. The number of aryl methyl sites for hydroxylation is 1. The van der Waals surface area contributed by atoms with Crippen molar-refractivity contribution in [1.29, 1.82) is 0 Å². The van der Waals surface area contributed by atoms with Crippen molar-refractivity contribution in [3.05, 3.63) is 69.3 Å². The Morgan fingerprint density at radius 3 is 2.57 bits per heavy atom. The molecule has 0 amide bonds. The first-order valence-corrected chi connectivity index (χ1v) is 6.77. The smallest absolute Gasteiger partial charge is 0.336 e. The largest absolute Gasteiger partial charge is 0.496 e. The first-order valence-electron chi connectivity index (χ1n) is 6.77. The number of hydrogen-bond acceptors (Lipinski definition) is 4. The van der Waals surface area contributed by atoms with Crippen molar-refractivity contribution < 1.29 is 19.6 Å². The van der Waals surface area contributed by atoms with Crippen LogP contribution in [0.15, 0.2) is 42.5 Å². The van der Waals surface area contributed by atoms with Crippen LogP contribution in [0.25, 0.3) is 11.6 Å². The summed E-state index contributed by atoms with van der Waals surface area (Å²) >= 11 is 0. The Labute approximate surface area is 132 Å². The van der Waals surface area contributed by atoms with E-state index in [1.165, 1.54) is 31.4 Å². The molecule has 0 spiro atoms. The molecule has 2 aromatic carbocycles. The molecule has 0 unspecified atom stereocenters. The Hall–Kier alpha value is -3.15. The van der Waals surface area contributed by atoms with E-state index in [0.29, 0.717) is 11.3 Å². The fraction of sp³-hybridized carbons (Fsp3) is 0.118. The first-order chi connectivity index (χ1) is 10.9. The third-order valence-electron chi connectivity index (χ3n) is 3.31. The van der Waals surface area contributed by atoms with Crippen LogP contribution in [-0.4, -0.2) is 23.1 Å². The molecule has 1 N–H and O–H groups in total. The van der Waals surface area contributed by atoms with E-state index in [-0.39, 0.29) is 16.8 Å². The minimum atomic E-state index is -1.19. The van der Waals surface area contributed by atoms with E-state index in [0.717, 1.165) is 5.56 Å². The quantitative estimate of drug-likeness (QED) is 0.394. The van der Waals surface area contributed by atoms with Crippen LogP contribution < -0.4 is 4.74 Å². The molecule has 0 saturated heterocycles. The fourth-order valence-corrected chi connectivity index (χ4v) is 2.22. The molecule has 0 aromatic heterocycles. The molecule has 0 fully saturated rings. The van der Waals surface area contributed by atoms with Crippen LogP contribution in [-0.2, 0) is 4.79 Å². The Morgan fingerprint density at radius 2 is 1.96 bits per heavy atom. The molecular weight excluding hydrogens is 298 g/mol. The molecule has 0 aliphatic carbocycles. The third-order valence-corrected chi connectivity index (χ3v) is 3.31. The number of carboxylic acid groups (broad SMARTS) is 1. The van der Waals surface area contributed by atoms with Crippen LogP contribution >= 0.6 is 0 Å². The van der Waals surface area contributed by atoms with Gasteiger partial charge < -0.3 is 9.84 Å². The van der Waals surface area contributed by atoms with Crippen molar-refractivity contribution in [3.63, 3.8) is 0 Å². The lowest BCUT2D eigenvalue weighted by Gasteiger charge is -2.10. The molecule has 23 heavy (non-hydrogen) atoms. The summed E-state index contributed by atoms with van der Waals surface area (Å²) in [5.74, 6) is -0.796. The van der Waals surface area contributed by atoms with Gasteiger partial charge in [-0.25, -0.2) is 4.79 Å². The van der Waals surface area contributed by atoms with Crippen LogP contribution in [0.1, 0.15) is 16.7 Å². The van der Waals surface area contributed by atoms with E-state index >= 15 is 0 Å². The number of benzene rings is 2. The topological polar surface area (TPSA) is 89.7 Å². The summed E-state index contributed by atoms with van der Waals surface area (Å²) in [6, 6.07) is 11.1. The molecular formula is C17H15NO5. The SMILES string of the molecule is COc1ccc(C)cc1/C(=C/c1ccccc1[N+](=O)[O-])C(=O)O. The molecule has 6 heteroatoms. The number of hydrogen-bond donors (Lipinski definition) is 1. The van der Waals surface area contributed by atoms with E-state index in [9.17, 15) is 20.0 Å². The minimum absolute atomic E-state index is 0.0696. The Morgan fingerprint density at radius 1 is 1.26 bits per heavy atom. The monoisotopic (exact) mass is 313 g/mol. The van der Waals surface area contributed by atoms with Gasteiger partial charge in [-0.3, -0.25) is 10.1 Å². The molecule has 0 bridgehead atoms. The highest BCUT2D eigenvalue weighted by atomic mass is 16.6. The Balaban J connectivity index is 2.68. The zero-order valence-corrected chi connectivity index (χ0v) is 12.6. The predicted octanol–water partition coefficient (Wildman–Crippen LogP) is 3.54. The summed E-state index contributed by atoms with van der Waals surface area (Å²) in [7, 11) is 1.44. The average Bonchev–Trinajstić information content (AvgIpc) is 2.52. The van der Waals surface area contributed by atoms with E-state index < -0.39 is 10.9 Å². The van der Waals surface area contributed by atoms with Crippen molar-refractivity contribution in [2.75, 3.05) is 7.11 Å². The maximum atomic E-state index is 11.7. The maximum absolute atomic E-state index is 11.7. The molecule has 0 atom stereocenters. The standard InChI is InChI=1S/C17H15NO5/c1-11-7-8-16(23-2)13(9-11)14(17(19)20)10-12-5-3-4-6-15(12)18(21)22/h3-10H,1-2H3,(H,19,20)/b14-10-. The van der Waals surface area contributed by atoms with E-state index in [1.807, 2.05) is 6.92 Å². The lowest BCUT2D eigenvalue weighted by Crippen LogP contribution is -2.03. The lowest BCUT2D eigenvalue weighted by atomic mass is 9.99. The lowest BCUT2D eigenvalue weighted by molar-refractivity contribution is -0.385. The zero-order chi connectivity index (χ0) is 17.0. The first kappa shape index (κ1) is 16.2. The summed E-state index contributed by atoms with van der Waals surface area (Å²) < 4.78 is 5.21. The van der Waals surface area contributed by atoms with Gasteiger partial charge in [0.15, 0.2) is 0 Å². The third kappa shape index (κ3) is 3.55. The van der Waals surface area contributed by atoms with Crippen LogP contribution in [0, 0.1) is 17.0 Å². The summed E-state index contributed by atoms with van der Waals surface area (Å²) in [5.41, 5.74) is 1.23. The minimum Gasteiger partial charge on any atom is -0.496 e.